The molecule has 1 aromatic carbocycles. The molecule has 0 heterocycles. The third kappa shape index (κ3) is 4.53. The zero-order valence-electron chi connectivity index (χ0n) is 9.25. The number of benzene rings is 1. The Labute approximate surface area is 91.3 Å². The molecular weight excluding hydrogens is 186 g/mol. The molecule has 2 N–H and O–H groups in total. The van der Waals surface area contributed by atoms with Crippen LogP contribution >= 0.6 is 0 Å². The van der Waals surface area contributed by atoms with E-state index in [-0.39, 0.29) is 0 Å². The van der Waals surface area contributed by atoms with Crippen molar-refractivity contribution in [2.45, 2.75) is 25.9 Å². The number of hydrogen-bond acceptors (Lipinski definition) is 2. The fourth-order valence-electron chi connectivity index (χ4n) is 1.23. The Balaban J connectivity index is 2.48. The van der Waals surface area contributed by atoms with Gasteiger partial charge in [0.05, 0.1) is 5.60 Å². The van der Waals surface area contributed by atoms with E-state index in [1.807, 2.05) is 24.3 Å². The van der Waals surface area contributed by atoms with Crippen LogP contribution in [0.3, 0.4) is 0 Å². The fraction of sp³-hybridized carbons (Fsp3) is 0.385. The van der Waals surface area contributed by atoms with Gasteiger partial charge in [0.15, 0.2) is 0 Å². The normalized spacial score (nSPS) is 10.8. The van der Waals surface area contributed by atoms with Crippen molar-refractivity contribution in [3.05, 3.63) is 29.8 Å². The summed E-state index contributed by atoms with van der Waals surface area (Å²) in [6.07, 6.45) is 6.00. The Hall–Kier alpha value is -1.46. The molecule has 15 heavy (non-hydrogen) atoms. The van der Waals surface area contributed by atoms with Gasteiger partial charge < -0.3 is 10.4 Å². The third-order valence-corrected chi connectivity index (χ3v) is 2.10. The topological polar surface area (TPSA) is 32.3 Å². The summed E-state index contributed by atoms with van der Waals surface area (Å²) in [5.74, 6) is 2.58. The van der Waals surface area contributed by atoms with Crippen molar-refractivity contribution >= 4 is 5.69 Å². The molecule has 0 aliphatic carbocycles. The molecule has 0 saturated carbocycles. The van der Waals surface area contributed by atoms with Gasteiger partial charge in [-0.25, -0.2) is 0 Å². The van der Waals surface area contributed by atoms with Crippen LogP contribution in [0.2, 0.25) is 0 Å². The van der Waals surface area contributed by atoms with Gasteiger partial charge in [-0.05, 0) is 38.5 Å². The summed E-state index contributed by atoms with van der Waals surface area (Å²) in [6.45, 7) is 4.33. The minimum atomic E-state index is -0.628. The molecule has 2 heteroatoms. The van der Waals surface area contributed by atoms with E-state index in [1.54, 1.807) is 13.8 Å². The molecule has 0 saturated heterocycles. The van der Waals surface area contributed by atoms with Crippen molar-refractivity contribution in [2.75, 3.05) is 11.9 Å². The number of hydrogen-bond donors (Lipinski definition) is 2. The predicted molar refractivity (Wildman–Crippen MR) is 63.8 cm³/mol. The number of nitrogens with one attached hydrogen (secondary N) is 1. The molecule has 0 radical (unpaired) electrons. The van der Waals surface area contributed by atoms with Crippen LogP contribution in [0.15, 0.2) is 24.3 Å². The molecule has 0 fully saturated rings. The van der Waals surface area contributed by atoms with Crippen molar-refractivity contribution in [1.82, 2.24) is 0 Å². The maximum absolute atomic E-state index is 9.52. The van der Waals surface area contributed by atoms with Crippen LogP contribution in [0.5, 0.6) is 0 Å². The minimum Gasteiger partial charge on any atom is -0.390 e. The van der Waals surface area contributed by atoms with Crippen LogP contribution in [0, 0.1) is 12.3 Å². The Morgan fingerprint density at radius 3 is 2.80 bits per heavy atom. The van der Waals surface area contributed by atoms with E-state index >= 15 is 0 Å². The Morgan fingerprint density at radius 1 is 1.47 bits per heavy atom. The highest BCUT2D eigenvalue weighted by molar-refractivity contribution is 5.49. The van der Waals surface area contributed by atoms with Gasteiger partial charge in [-0.15, -0.1) is 6.42 Å². The van der Waals surface area contributed by atoms with E-state index < -0.39 is 5.60 Å². The first-order valence-electron chi connectivity index (χ1n) is 5.04. The largest absolute Gasteiger partial charge is 0.390 e. The highest BCUT2D eigenvalue weighted by atomic mass is 16.3. The van der Waals surface area contributed by atoms with Gasteiger partial charge in [0.2, 0.25) is 0 Å². The van der Waals surface area contributed by atoms with Gasteiger partial charge in [0.25, 0.3) is 0 Å². The fourth-order valence-corrected chi connectivity index (χ4v) is 1.23. The lowest BCUT2D eigenvalue weighted by molar-refractivity contribution is 0.0749. The molecule has 2 nitrogen and oxygen atoms in total. The standard InChI is InChI=1S/C13H17NO/c1-4-11-6-5-7-12(10-11)14-9-8-13(2,3)15/h1,5-7,10,14-15H,8-9H2,2-3H3. The van der Waals surface area contributed by atoms with Gasteiger partial charge >= 0.3 is 0 Å². The maximum Gasteiger partial charge on any atom is 0.0608 e. The molecule has 0 aromatic heterocycles. The van der Waals surface area contributed by atoms with E-state index in [0.717, 1.165) is 17.8 Å². The highest BCUT2D eigenvalue weighted by Crippen LogP contribution is 2.12. The molecule has 0 bridgehead atoms. The van der Waals surface area contributed by atoms with E-state index in [2.05, 4.69) is 11.2 Å². The summed E-state index contributed by atoms with van der Waals surface area (Å²) < 4.78 is 0. The van der Waals surface area contributed by atoms with Gasteiger partial charge in [-0.1, -0.05) is 12.0 Å². The molecule has 0 atom stereocenters. The molecule has 0 amide bonds. The summed E-state index contributed by atoms with van der Waals surface area (Å²) in [7, 11) is 0. The number of rotatable bonds is 4. The molecule has 80 valence electrons. The van der Waals surface area contributed by atoms with Crippen molar-refractivity contribution < 1.29 is 5.11 Å². The third-order valence-electron chi connectivity index (χ3n) is 2.10. The van der Waals surface area contributed by atoms with Gasteiger partial charge in [0, 0.05) is 17.8 Å². The lowest BCUT2D eigenvalue weighted by atomic mass is 10.1. The lowest BCUT2D eigenvalue weighted by Crippen LogP contribution is -2.22. The van der Waals surface area contributed by atoms with Crippen molar-refractivity contribution in [3.63, 3.8) is 0 Å². The molecular formula is C13H17NO. The zero-order valence-corrected chi connectivity index (χ0v) is 9.25. The van der Waals surface area contributed by atoms with Crippen LogP contribution in [0.25, 0.3) is 0 Å². The van der Waals surface area contributed by atoms with Gasteiger partial charge in [0.1, 0.15) is 0 Å². The van der Waals surface area contributed by atoms with Crippen LogP contribution in [-0.4, -0.2) is 17.3 Å². The second-order valence-electron chi connectivity index (χ2n) is 4.21. The molecule has 0 spiro atoms. The zero-order chi connectivity index (χ0) is 11.3. The predicted octanol–water partition coefficient (Wildman–Crippen LogP) is 2.24. The summed E-state index contributed by atoms with van der Waals surface area (Å²) >= 11 is 0. The van der Waals surface area contributed by atoms with Crippen LogP contribution < -0.4 is 5.32 Å². The van der Waals surface area contributed by atoms with Crippen LogP contribution in [-0.2, 0) is 0 Å². The average molecular weight is 203 g/mol. The van der Waals surface area contributed by atoms with Crippen molar-refractivity contribution in [3.8, 4) is 12.3 Å². The molecule has 1 rings (SSSR count). The Morgan fingerprint density at radius 2 is 2.20 bits per heavy atom. The van der Waals surface area contributed by atoms with E-state index in [0.29, 0.717) is 6.42 Å². The smallest absolute Gasteiger partial charge is 0.0608 e. The van der Waals surface area contributed by atoms with Gasteiger partial charge in [-0.2, -0.15) is 0 Å². The average Bonchev–Trinajstić information content (AvgIpc) is 2.16. The Kier molecular flexibility index (Phi) is 3.76. The molecule has 0 aliphatic rings. The van der Waals surface area contributed by atoms with Crippen molar-refractivity contribution in [1.29, 1.82) is 0 Å². The highest BCUT2D eigenvalue weighted by Gasteiger charge is 2.10. The number of aliphatic hydroxyl groups is 1. The summed E-state index contributed by atoms with van der Waals surface area (Å²) in [5, 5.41) is 12.7. The quantitative estimate of drug-likeness (QED) is 0.735. The number of anilines is 1. The number of terminal acetylenes is 1. The summed E-state index contributed by atoms with van der Waals surface area (Å²) in [6, 6.07) is 7.69. The lowest BCUT2D eigenvalue weighted by Gasteiger charge is -2.17. The second-order valence-corrected chi connectivity index (χ2v) is 4.21. The van der Waals surface area contributed by atoms with E-state index in [9.17, 15) is 5.11 Å². The van der Waals surface area contributed by atoms with Crippen LogP contribution in [0.1, 0.15) is 25.8 Å². The SMILES string of the molecule is C#Cc1cccc(NCCC(C)(C)O)c1. The van der Waals surface area contributed by atoms with E-state index in [1.165, 1.54) is 0 Å². The second kappa shape index (κ2) is 4.86. The molecule has 1 aromatic rings. The first-order chi connectivity index (χ1) is 7.01. The van der Waals surface area contributed by atoms with Crippen molar-refractivity contribution in [2.24, 2.45) is 0 Å². The summed E-state index contributed by atoms with van der Waals surface area (Å²) in [4.78, 5) is 0. The molecule has 0 aliphatic heterocycles. The van der Waals surface area contributed by atoms with Crippen LogP contribution in [0.4, 0.5) is 5.69 Å². The van der Waals surface area contributed by atoms with Gasteiger partial charge in [-0.3, -0.25) is 0 Å². The molecule has 0 unspecified atom stereocenters. The first kappa shape index (κ1) is 11.6. The minimum absolute atomic E-state index is 0.628. The first-order valence-corrected chi connectivity index (χ1v) is 5.04. The monoisotopic (exact) mass is 203 g/mol. The van der Waals surface area contributed by atoms with E-state index in [4.69, 9.17) is 6.42 Å². The summed E-state index contributed by atoms with van der Waals surface area (Å²) in [5.41, 5.74) is 1.23. The maximum atomic E-state index is 9.52. The Bertz CT molecular complexity index is 358.